The Hall–Kier alpha value is -11.7. The number of aromatic hydroxyl groups is 17. The number of benzene rings is 6. The first-order valence-electron chi connectivity index (χ1n) is 24.5. The maximum Gasteiger partial charge on any atom is 0.339 e. The Morgan fingerprint density at radius 2 is 0.955 bits per heavy atom. The Labute approximate surface area is 483 Å². The van der Waals surface area contributed by atoms with Crippen LogP contribution >= 0.6 is 0 Å². The van der Waals surface area contributed by atoms with Crippen molar-refractivity contribution in [3.8, 4) is 131 Å². The van der Waals surface area contributed by atoms with Crippen molar-refractivity contribution in [1.82, 2.24) is 0 Å². The van der Waals surface area contributed by atoms with E-state index in [0.717, 1.165) is 0 Å². The van der Waals surface area contributed by atoms with Gasteiger partial charge < -0.3 is 146 Å². The summed E-state index contributed by atoms with van der Waals surface area (Å²) in [7, 11) is 0. The van der Waals surface area contributed by atoms with Gasteiger partial charge in [0.2, 0.25) is 40.3 Å². The van der Waals surface area contributed by atoms with Gasteiger partial charge in [0.15, 0.2) is 99.2 Å². The molecular formula is C53H40O35. The lowest BCUT2D eigenvalue weighted by atomic mass is 9.71. The molecule has 35 nitrogen and oxygen atoms in total. The van der Waals surface area contributed by atoms with Crippen molar-refractivity contribution in [2.24, 2.45) is 0 Å². The molecule has 0 spiro atoms. The average Bonchev–Trinajstić information content (AvgIpc) is 0.729. The normalized spacial score (nSPS) is 23.1. The molecule has 22 N–H and O–H groups in total. The van der Waals surface area contributed by atoms with E-state index in [2.05, 4.69) is 0 Å². The summed E-state index contributed by atoms with van der Waals surface area (Å²) in [6.45, 7) is -3.06. The molecule has 0 aliphatic carbocycles. The van der Waals surface area contributed by atoms with Gasteiger partial charge in [0.1, 0.15) is 30.5 Å². The Kier molecular flexibility index (Phi) is 14.1. The molecule has 10 rings (SSSR count). The lowest BCUT2D eigenvalue weighted by molar-refractivity contribution is -0.341. The van der Waals surface area contributed by atoms with E-state index in [4.69, 9.17) is 33.2 Å². The lowest BCUT2D eigenvalue weighted by Gasteiger charge is -2.51. The first kappa shape index (κ1) is 59.5. The topological polar surface area (TPSA) is 612 Å². The number of cyclic esters (lactones) is 3. The summed E-state index contributed by atoms with van der Waals surface area (Å²) >= 11 is 0. The second-order valence-corrected chi connectivity index (χ2v) is 19.7. The Morgan fingerprint density at radius 3 is 1.52 bits per heavy atom. The number of esters is 5. The van der Waals surface area contributed by atoms with Gasteiger partial charge in [-0.1, -0.05) is 0 Å². The molecule has 0 aromatic heterocycles. The number of aliphatic hydroxyl groups is 4. The number of carboxylic acid groups (broad SMARTS) is 1. The molecule has 6 aromatic carbocycles. The van der Waals surface area contributed by atoms with E-state index in [1.165, 1.54) is 0 Å². The number of phenolic OH excluding ortho intramolecular Hbond substituents is 17. The quantitative estimate of drug-likeness (QED) is 0.0572. The van der Waals surface area contributed by atoms with Crippen LogP contribution in [0, 0.1) is 0 Å². The van der Waals surface area contributed by atoms with E-state index in [9.17, 15) is 132 Å². The van der Waals surface area contributed by atoms with Crippen LogP contribution in [0.4, 0.5) is 0 Å². The number of aliphatic hydroxyl groups excluding tert-OH is 3. The third-order valence-corrected chi connectivity index (χ3v) is 14.6. The minimum atomic E-state index is -3.80. The molecule has 0 saturated carbocycles. The van der Waals surface area contributed by atoms with E-state index in [-0.39, 0.29) is 18.2 Å². The Morgan fingerprint density at radius 1 is 0.477 bits per heavy atom. The molecule has 0 unspecified atom stereocenters. The van der Waals surface area contributed by atoms with Crippen LogP contribution in [0.15, 0.2) is 36.4 Å². The summed E-state index contributed by atoms with van der Waals surface area (Å²) in [5.74, 6) is -47.8. The number of fused-ring (bicyclic) bond motifs is 7. The summed E-state index contributed by atoms with van der Waals surface area (Å²) in [6.07, 6.45) is -20.0. The minimum Gasteiger partial charge on any atom is -0.504 e. The number of phenols is 17. The molecule has 88 heavy (non-hydrogen) atoms. The van der Waals surface area contributed by atoms with E-state index < -0.39 is 274 Å². The summed E-state index contributed by atoms with van der Waals surface area (Å²) in [6, 6.07) is 1.85. The van der Waals surface area contributed by atoms with Crippen molar-refractivity contribution in [3.63, 3.8) is 0 Å². The molecule has 1 saturated heterocycles. The number of hydrogen-bond acceptors (Lipinski definition) is 34. The number of rotatable bonds is 7. The van der Waals surface area contributed by atoms with E-state index in [1.54, 1.807) is 0 Å². The zero-order valence-electron chi connectivity index (χ0n) is 43.1. The lowest BCUT2D eigenvalue weighted by Crippen LogP contribution is -2.68. The third-order valence-electron chi connectivity index (χ3n) is 14.6. The summed E-state index contributed by atoms with van der Waals surface area (Å²) in [5, 5.41) is 243. The van der Waals surface area contributed by atoms with Crippen molar-refractivity contribution in [2.45, 2.75) is 54.4 Å². The van der Waals surface area contributed by atoms with Crippen molar-refractivity contribution < 1.29 is 174 Å². The molecule has 4 aliphatic heterocycles. The third kappa shape index (κ3) is 8.95. The van der Waals surface area contributed by atoms with Crippen molar-refractivity contribution in [1.29, 1.82) is 0 Å². The molecule has 6 aromatic rings. The number of carbonyl (C=O) groups excluding carboxylic acids is 5. The van der Waals surface area contributed by atoms with Crippen LogP contribution < -0.4 is 4.74 Å². The number of carboxylic acids is 1. The number of ether oxygens (including phenoxy) is 7. The molecule has 1 fully saturated rings. The first-order valence-corrected chi connectivity index (χ1v) is 24.5. The molecular weight excluding hydrogens is 1200 g/mol. The molecule has 2 bridgehead atoms. The van der Waals surface area contributed by atoms with Crippen molar-refractivity contribution >= 4 is 35.8 Å². The highest BCUT2D eigenvalue weighted by molar-refractivity contribution is 6.11. The van der Waals surface area contributed by atoms with Crippen LogP contribution in [-0.2, 0) is 28.4 Å². The van der Waals surface area contributed by atoms with Crippen molar-refractivity contribution in [2.75, 3.05) is 13.2 Å². The second-order valence-electron chi connectivity index (χ2n) is 19.7. The fraction of sp³-hybridized carbons (Fsp3) is 0.208. The van der Waals surface area contributed by atoms with Gasteiger partial charge in [-0.15, -0.1) is 0 Å². The van der Waals surface area contributed by atoms with Gasteiger partial charge in [0, 0.05) is 39.9 Å². The predicted octanol–water partition coefficient (Wildman–Crippen LogP) is 0.0910. The van der Waals surface area contributed by atoms with Gasteiger partial charge in [0.05, 0.1) is 40.3 Å². The predicted molar refractivity (Wildman–Crippen MR) is 271 cm³/mol. The van der Waals surface area contributed by atoms with Crippen LogP contribution in [-0.4, -0.2) is 210 Å². The summed E-state index contributed by atoms with van der Waals surface area (Å²) < 4.78 is 39.4. The van der Waals surface area contributed by atoms with Crippen LogP contribution in [0.2, 0.25) is 0 Å². The second kappa shape index (κ2) is 20.8. The van der Waals surface area contributed by atoms with Gasteiger partial charge in [-0.25, -0.2) is 28.8 Å². The monoisotopic (exact) mass is 1240 g/mol. The standard InChI is InChI=1S/C53H40O35/c54-14-1-9(2-15(55)29(14)60)48(76)85-21-8-82-49(77)12-6-20(84-42-13(47(74)75)5-18(58)32(63)41(42)72)34(65)37(68)23(12)22-10(3-16(56)30(61)35(22)66)50(78)86-43(21)45-44-28(53(81)46(73)33(64)19(59)7-83-53)27-26(52(80)87-44)25(38(69)40(71)39(27)70)24-11(51(79)88-45)4-17(57)31(62)36(24)67/h1-6,19,21,28,33,43-46,54-73,81H,7-8H2,(H,74,75)/t19-,21-,28+,33+,43-,44+,45+,46+,53-/m1/s1. The smallest absolute Gasteiger partial charge is 0.339 e. The first-order chi connectivity index (χ1) is 41.2. The van der Waals surface area contributed by atoms with Crippen LogP contribution in [0.3, 0.4) is 0 Å². The molecule has 0 amide bonds. The van der Waals surface area contributed by atoms with E-state index >= 15 is 9.59 Å². The van der Waals surface area contributed by atoms with Crippen LogP contribution in [0.25, 0.3) is 22.3 Å². The molecule has 4 heterocycles. The fourth-order valence-electron chi connectivity index (χ4n) is 10.4. The number of aromatic carboxylic acids is 1. The molecule has 4 aliphatic rings. The Bertz CT molecular complexity index is 4070. The van der Waals surface area contributed by atoms with Gasteiger partial charge in [-0.2, -0.15) is 0 Å². The van der Waals surface area contributed by atoms with Gasteiger partial charge in [-0.3, -0.25) is 0 Å². The molecule has 0 radical (unpaired) electrons. The largest absolute Gasteiger partial charge is 0.504 e. The number of hydrogen-bond donors (Lipinski definition) is 22. The molecule has 35 heteroatoms. The van der Waals surface area contributed by atoms with Gasteiger partial charge in [0.25, 0.3) is 0 Å². The maximum atomic E-state index is 15.3. The highest BCUT2D eigenvalue weighted by Crippen LogP contribution is 2.61. The minimum absolute atomic E-state index is 0.181. The average molecular weight is 1240 g/mol. The van der Waals surface area contributed by atoms with E-state index in [0.29, 0.717) is 18.2 Å². The van der Waals surface area contributed by atoms with Gasteiger partial charge >= 0.3 is 35.8 Å². The number of carbonyl (C=O) groups is 6. The zero-order valence-corrected chi connectivity index (χ0v) is 43.1. The summed E-state index contributed by atoms with van der Waals surface area (Å²) in [4.78, 5) is 86.8. The van der Waals surface area contributed by atoms with E-state index in [1.807, 2.05) is 0 Å². The van der Waals surface area contributed by atoms with Crippen molar-refractivity contribution in [3.05, 3.63) is 75.3 Å². The molecule has 462 valence electrons. The highest BCUT2D eigenvalue weighted by atomic mass is 16.7. The fourth-order valence-corrected chi connectivity index (χ4v) is 10.4. The zero-order chi connectivity index (χ0) is 64.5. The maximum absolute atomic E-state index is 15.3. The Balaban J connectivity index is 1.28. The van der Waals surface area contributed by atoms with Crippen LogP contribution in [0.1, 0.15) is 73.6 Å². The highest BCUT2D eigenvalue weighted by Gasteiger charge is 2.64. The van der Waals surface area contributed by atoms with Crippen LogP contribution in [0.5, 0.6) is 109 Å². The van der Waals surface area contributed by atoms with Gasteiger partial charge in [-0.05, 0) is 24.3 Å². The molecule has 9 atom stereocenters. The summed E-state index contributed by atoms with van der Waals surface area (Å²) in [5.41, 5.74) is -14.5. The SMILES string of the molecule is O=C(O[C@@H]1COC(=O)c2cc(Oc3c(C(=O)O)cc(O)c(O)c3O)c(O)c(O)c2-c2c(cc(O)c(O)c2O)C(=O)O[C@H]1[C@@H]1OC(=O)c2cc(O)c(O)c(O)c2-c2c(O)c(O)c(O)c3c2C(=O)O[C@H]1[C@H]3[C@@]1(O)OC[C@@H](O)[C@H](O)[C@@H]1O)c1cc(O)c(O)c(O)c1.